The van der Waals surface area contributed by atoms with E-state index in [0.717, 1.165) is 51.9 Å². The van der Waals surface area contributed by atoms with Gasteiger partial charge in [0.05, 0.1) is 13.2 Å². The Morgan fingerprint density at radius 1 is 1.25 bits per heavy atom. The predicted octanol–water partition coefficient (Wildman–Crippen LogP) is 1.94. The van der Waals surface area contributed by atoms with Gasteiger partial charge in [-0.2, -0.15) is 0 Å². The van der Waals surface area contributed by atoms with E-state index in [2.05, 4.69) is 59.5 Å². The maximum absolute atomic E-state index is 5.40. The highest BCUT2D eigenvalue weighted by molar-refractivity contribution is 5.79. The fraction of sp³-hybridized carbons (Fsp3) is 0.632. The molecule has 134 valence electrons. The minimum atomic E-state index is 0.572. The van der Waals surface area contributed by atoms with E-state index in [4.69, 9.17) is 4.74 Å². The van der Waals surface area contributed by atoms with Crippen LogP contribution in [0, 0.1) is 19.8 Å². The molecule has 0 aliphatic carbocycles. The number of guanidine groups is 1. The fourth-order valence-electron chi connectivity index (χ4n) is 3.00. The Morgan fingerprint density at radius 2 is 2.00 bits per heavy atom. The van der Waals surface area contributed by atoms with Gasteiger partial charge in [-0.25, -0.2) is 0 Å². The molecule has 1 aliphatic heterocycles. The van der Waals surface area contributed by atoms with Crippen LogP contribution in [0.4, 0.5) is 0 Å². The monoisotopic (exact) mass is 332 g/mol. The zero-order valence-electron chi connectivity index (χ0n) is 15.6. The maximum atomic E-state index is 5.40. The first kappa shape index (κ1) is 18.7. The molecule has 1 aliphatic rings. The van der Waals surface area contributed by atoms with Crippen LogP contribution in [0.1, 0.15) is 23.6 Å². The average Bonchev–Trinajstić information content (AvgIpc) is 2.57. The molecule has 1 unspecified atom stereocenters. The van der Waals surface area contributed by atoms with E-state index in [0.29, 0.717) is 5.92 Å². The molecule has 1 atom stereocenters. The molecule has 0 saturated carbocycles. The summed E-state index contributed by atoms with van der Waals surface area (Å²) < 4.78 is 5.40. The van der Waals surface area contributed by atoms with Gasteiger partial charge in [0.15, 0.2) is 5.96 Å². The lowest BCUT2D eigenvalue weighted by Gasteiger charge is -2.29. The third-order valence-corrected chi connectivity index (χ3v) is 4.46. The van der Waals surface area contributed by atoms with Gasteiger partial charge in [0.25, 0.3) is 0 Å². The number of rotatable bonds is 6. The first-order chi connectivity index (χ1) is 11.6. The average molecular weight is 332 g/mol. The van der Waals surface area contributed by atoms with E-state index in [1.165, 1.54) is 16.7 Å². The number of hydrogen-bond donors (Lipinski definition) is 2. The standard InChI is InChI=1S/C19H32N4O/c1-15-5-6-18(17(3)11-15)13-22-19(20-4)21-12-16(2)14-23-7-9-24-10-8-23/h5-6,11,16H,7-10,12-14H2,1-4H3,(H2,20,21,22). The zero-order chi connectivity index (χ0) is 17.4. The van der Waals surface area contributed by atoms with Gasteiger partial charge in [0.1, 0.15) is 0 Å². The highest BCUT2D eigenvalue weighted by Gasteiger charge is 2.14. The molecule has 0 radical (unpaired) electrons. The summed E-state index contributed by atoms with van der Waals surface area (Å²) in [6.45, 7) is 13.2. The van der Waals surface area contributed by atoms with Crippen molar-refractivity contribution < 1.29 is 4.74 Å². The normalized spacial score (nSPS) is 17.6. The van der Waals surface area contributed by atoms with Crippen LogP contribution in [0.25, 0.3) is 0 Å². The summed E-state index contributed by atoms with van der Waals surface area (Å²) >= 11 is 0. The minimum Gasteiger partial charge on any atom is -0.379 e. The molecule has 1 heterocycles. The molecular weight excluding hydrogens is 300 g/mol. The third kappa shape index (κ3) is 6.13. The summed E-state index contributed by atoms with van der Waals surface area (Å²) in [6.07, 6.45) is 0. The van der Waals surface area contributed by atoms with Crippen molar-refractivity contribution >= 4 is 5.96 Å². The van der Waals surface area contributed by atoms with E-state index in [1.54, 1.807) is 0 Å². The summed E-state index contributed by atoms with van der Waals surface area (Å²) in [5.74, 6) is 1.44. The highest BCUT2D eigenvalue weighted by atomic mass is 16.5. The van der Waals surface area contributed by atoms with Crippen molar-refractivity contribution in [3.05, 3.63) is 34.9 Å². The van der Waals surface area contributed by atoms with Gasteiger partial charge in [0, 0.05) is 39.8 Å². The van der Waals surface area contributed by atoms with Crippen LogP contribution >= 0.6 is 0 Å². The molecule has 0 spiro atoms. The lowest BCUT2D eigenvalue weighted by atomic mass is 10.1. The molecule has 5 heteroatoms. The Bertz CT molecular complexity index is 538. The SMILES string of the molecule is CN=C(NCc1ccc(C)cc1C)NCC(C)CN1CCOCC1. The Hall–Kier alpha value is -1.59. The smallest absolute Gasteiger partial charge is 0.191 e. The van der Waals surface area contributed by atoms with Crippen LogP contribution < -0.4 is 10.6 Å². The molecule has 0 aromatic heterocycles. The number of nitrogens with zero attached hydrogens (tertiary/aromatic N) is 2. The van der Waals surface area contributed by atoms with E-state index in [-0.39, 0.29) is 0 Å². The van der Waals surface area contributed by atoms with Crippen molar-refractivity contribution in [3.8, 4) is 0 Å². The van der Waals surface area contributed by atoms with Crippen molar-refractivity contribution in [2.75, 3.05) is 46.4 Å². The van der Waals surface area contributed by atoms with Crippen molar-refractivity contribution in [3.63, 3.8) is 0 Å². The van der Waals surface area contributed by atoms with Gasteiger partial charge in [-0.3, -0.25) is 9.89 Å². The molecule has 1 saturated heterocycles. The molecule has 5 nitrogen and oxygen atoms in total. The van der Waals surface area contributed by atoms with Gasteiger partial charge in [-0.05, 0) is 30.9 Å². The predicted molar refractivity (Wildman–Crippen MR) is 101 cm³/mol. The van der Waals surface area contributed by atoms with Crippen LogP contribution in [0.15, 0.2) is 23.2 Å². The summed E-state index contributed by atoms with van der Waals surface area (Å²) in [6, 6.07) is 6.56. The molecule has 0 bridgehead atoms. The molecule has 1 fully saturated rings. The molecule has 1 aromatic rings. The summed E-state index contributed by atoms with van der Waals surface area (Å²) in [5, 5.41) is 6.85. The summed E-state index contributed by atoms with van der Waals surface area (Å²) in [4.78, 5) is 6.80. The number of nitrogens with one attached hydrogen (secondary N) is 2. The molecule has 0 amide bonds. The molecule has 24 heavy (non-hydrogen) atoms. The summed E-state index contributed by atoms with van der Waals surface area (Å²) in [7, 11) is 1.82. The zero-order valence-corrected chi connectivity index (χ0v) is 15.6. The Kier molecular flexibility index (Phi) is 7.53. The van der Waals surface area contributed by atoms with Crippen LogP contribution in [0.2, 0.25) is 0 Å². The Labute approximate surface area is 146 Å². The van der Waals surface area contributed by atoms with E-state index in [1.807, 2.05) is 7.05 Å². The van der Waals surface area contributed by atoms with Crippen molar-refractivity contribution in [2.45, 2.75) is 27.3 Å². The van der Waals surface area contributed by atoms with Gasteiger partial charge < -0.3 is 15.4 Å². The van der Waals surface area contributed by atoms with Crippen LogP contribution in [0.3, 0.4) is 0 Å². The van der Waals surface area contributed by atoms with Crippen LogP contribution in [0.5, 0.6) is 0 Å². The van der Waals surface area contributed by atoms with Gasteiger partial charge >= 0.3 is 0 Å². The number of ether oxygens (including phenoxy) is 1. The van der Waals surface area contributed by atoms with Crippen molar-refractivity contribution in [1.82, 2.24) is 15.5 Å². The first-order valence-electron chi connectivity index (χ1n) is 8.89. The quantitative estimate of drug-likeness (QED) is 0.617. The molecular formula is C19H32N4O. The minimum absolute atomic E-state index is 0.572. The second-order valence-electron chi connectivity index (χ2n) is 6.75. The number of aliphatic imine (C=N–C) groups is 1. The highest BCUT2D eigenvalue weighted by Crippen LogP contribution is 2.10. The van der Waals surface area contributed by atoms with Gasteiger partial charge in [0.2, 0.25) is 0 Å². The van der Waals surface area contributed by atoms with Crippen molar-refractivity contribution in [2.24, 2.45) is 10.9 Å². The van der Waals surface area contributed by atoms with Crippen LogP contribution in [-0.4, -0.2) is 57.3 Å². The number of hydrogen-bond acceptors (Lipinski definition) is 3. The Balaban J connectivity index is 1.73. The van der Waals surface area contributed by atoms with Crippen molar-refractivity contribution in [1.29, 1.82) is 0 Å². The van der Waals surface area contributed by atoms with Crippen LogP contribution in [-0.2, 0) is 11.3 Å². The number of morpholine rings is 1. The maximum Gasteiger partial charge on any atom is 0.191 e. The second-order valence-corrected chi connectivity index (χ2v) is 6.75. The van der Waals surface area contributed by atoms with Gasteiger partial charge in [-0.15, -0.1) is 0 Å². The number of aryl methyl sites for hydroxylation is 2. The van der Waals surface area contributed by atoms with E-state index in [9.17, 15) is 0 Å². The lowest BCUT2D eigenvalue weighted by Crippen LogP contribution is -2.43. The number of benzene rings is 1. The van der Waals surface area contributed by atoms with Gasteiger partial charge in [-0.1, -0.05) is 30.7 Å². The summed E-state index contributed by atoms with van der Waals surface area (Å²) in [5.41, 5.74) is 3.93. The molecule has 2 N–H and O–H groups in total. The lowest BCUT2D eigenvalue weighted by molar-refractivity contribution is 0.0320. The Morgan fingerprint density at radius 3 is 2.67 bits per heavy atom. The third-order valence-electron chi connectivity index (χ3n) is 4.46. The van der Waals surface area contributed by atoms with E-state index >= 15 is 0 Å². The first-order valence-corrected chi connectivity index (χ1v) is 8.89. The topological polar surface area (TPSA) is 48.9 Å². The molecule has 1 aromatic carbocycles. The second kappa shape index (κ2) is 9.64. The largest absolute Gasteiger partial charge is 0.379 e. The van der Waals surface area contributed by atoms with E-state index < -0.39 is 0 Å². The molecule has 2 rings (SSSR count). The fourth-order valence-corrected chi connectivity index (χ4v) is 3.00.